The molecule has 0 fully saturated rings. The van der Waals surface area contributed by atoms with E-state index >= 15 is 0 Å². The number of rotatable bonds is 7. The maximum absolute atomic E-state index is 13.8. The van der Waals surface area contributed by atoms with Crippen LogP contribution in [-0.4, -0.2) is 30.4 Å². The van der Waals surface area contributed by atoms with E-state index in [1.165, 1.54) is 11.3 Å². The minimum Gasteiger partial charge on any atom is -0.496 e. The first-order chi connectivity index (χ1) is 17.2. The SMILES string of the molecule is CCOc1ccc([C@H]2C(C(=O)OC(C)C)=C(C)N=c3s/c(=C/c4cc(Br)ccc4OC)c(=O)n32)cc1. The van der Waals surface area contributed by atoms with Crippen molar-refractivity contribution >= 4 is 39.3 Å². The molecule has 0 saturated heterocycles. The third-order valence-electron chi connectivity index (χ3n) is 5.57. The number of halogens is 1. The van der Waals surface area contributed by atoms with Crippen LogP contribution in [0.1, 0.15) is 44.9 Å². The minimum absolute atomic E-state index is 0.248. The smallest absolute Gasteiger partial charge is 0.338 e. The molecule has 3 aromatic rings. The number of hydrogen-bond acceptors (Lipinski definition) is 7. The van der Waals surface area contributed by atoms with E-state index in [0.29, 0.717) is 38.7 Å². The molecule has 7 nitrogen and oxygen atoms in total. The van der Waals surface area contributed by atoms with Gasteiger partial charge < -0.3 is 14.2 Å². The van der Waals surface area contributed by atoms with Crippen LogP contribution in [-0.2, 0) is 9.53 Å². The lowest BCUT2D eigenvalue weighted by Gasteiger charge is -2.25. The Balaban J connectivity index is 1.93. The van der Waals surface area contributed by atoms with Crippen LogP contribution in [0.2, 0.25) is 0 Å². The molecule has 0 unspecified atom stereocenters. The van der Waals surface area contributed by atoms with Gasteiger partial charge in [0.2, 0.25) is 0 Å². The highest BCUT2D eigenvalue weighted by Gasteiger charge is 2.33. The summed E-state index contributed by atoms with van der Waals surface area (Å²) in [5, 5.41) is 0. The van der Waals surface area contributed by atoms with E-state index in [1.807, 2.05) is 49.4 Å². The van der Waals surface area contributed by atoms with Gasteiger partial charge in [-0.05, 0) is 69.7 Å². The number of thiazole rings is 1. The number of hydrogen-bond donors (Lipinski definition) is 0. The predicted octanol–water partition coefficient (Wildman–Crippen LogP) is 4.36. The maximum atomic E-state index is 13.8. The molecule has 2 aromatic carbocycles. The van der Waals surface area contributed by atoms with Gasteiger partial charge in [-0.15, -0.1) is 0 Å². The third kappa shape index (κ3) is 5.17. The van der Waals surface area contributed by atoms with Crippen LogP contribution in [0.25, 0.3) is 6.08 Å². The lowest BCUT2D eigenvalue weighted by atomic mass is 9.96. The molecule has 188 valence electrons. The fourth-order valence-electron chi connectivity index (χ4n) is 4.05. The molecule has 0 radical (unpaired) electrons. The first-order valence-electron chi connectivity index (χ1n) is 11.5. The van der Waals surface area contributed by atoms with E-state index in [-0.39, 0.29) is 11.7 Å². The van der Waals surface area contributed by atoms with Gasteiger partial charge in [0.25, 0.3) is 5.56 Å². The molecule has 1 aliphatic heterocycles. The van der Waals surface area contributed by atoms with Gasteiger partial charge in [0.05, 0.1) is 41.7 Å². The number of carbonyl (C=O) groups excluding carboxylic acids is 1. The highest BCUT2D eigenvalue weighted by Crippen LogP contribution is 2.32. The van der Waals surface area contributed by atoms with Gasteiger partial charge in [-0.2, -0.15) is 0 Å². The largest absolute Gasteiger partial charge is 0.496 e. The zero-order valence-electron chi connectivity index (χ0n) is 20.7. The van der Waals surface area contributed by atoms with Gasteiger partial charge in [-0.25, -0.2) is 9.79 Å². The number of aromatic nitrogens is 1. The van der Waals surface area contributed by atoms with E-state index < -0.39 is 12.0 Å². The molecule has 9 heteroatoms. The highest BCUT2D eigenvalue weighted by atomic mass is 79.9. The van der Waals surface area contributed by atoms with Crippen molar-refractivity contribution in [2.45, 2.75) is 39.8 Å². The molecular formula is C27H27BrN2O5S. The molecule has 0 amide bonds. The molecule has 0 N–H and O–H groups in total. The lowest BCUT2D eigenvalue weighted by Crippen LogP contribution is -2.40. The molecule has 0 saturated carbocycles. The van der Waals surface area contributed by atoms with Gasteiger partial charge in [-0.3, -0.25) is 9.36 Å². The van der Waals surface area contributed by atoms with Crippen molar-refractivity contribution in [1.29, 1.82) is 0 Å². The Morgan fingerprint density at radius 3 is 2.58 bits per heavy atom. The van der Waals surface area contributed by atoms with Crippen molar-refractivity contribution in [3.63, 3.8) is 0 Å². The van der Waals surface area contributed by atoms with Crippen LogP contribution >= 0.6 is 27.3 Å². The number of methoxy groups -OCH3 is 1. The Morgan fingerprint density at radius 1 is 1.22 bits per heavy atom. The van der Waals surface area contributed by atoms with Gasteiger partial charge >= 0.3 is 5.97 Å². The van der Waals surface area contributed by atoms with Crippen molar-refractivity contribution in [3.8, 4) is 11.5 Å². The zero-order chi connectivity index (χ0) is 26.0. The second-order valence-electron chi connectivity index (χ2n) is 8.42. The summed E-state index contributed by atoms with van der Waals surface area (Å²) in [6.45, 7) is 7.81. The van der Waals surface area contributed by atoms with E-state index in [1.54, 1.807) is 38.5 Å². The molecule has 4 rings (SSSR count). The average Bonchev–Trinajstić information content (AvgIpc) is 3.13. The Labute approximate surface area is 221 Å². The van der Waals surface area contributed by atoms with E-state index in [0.717, 1.165) is 15.6 Å². The molecule has 36 heavy (non-hydrogen) atoms. The molecule has 1 aromatic heterocycles. The second kappa shape index (κ2) is 10.8. The van der Waals surface area contributed by atoms with Crippen molar-refractivity contribution in [2.75, 3.05) is 13.7 Å². The van der Waals surface area contributed by atoms with Crippen molar-refractivity contribution in [1.82, 2.24) is 4.57 Å². The van der Waals surface area contributed by atoms with Gasteiger partial charge in [0.15, 0.2) is 4.80 Å². The zero-order valence-corrected chi connectivity index (χ0v) is 23.1. The van der Waals surface area contributed by atoms with Crippen molar-refractivity contribution in [2.24, 2.45) is 4.99 Å². The average molecular weight is 571 g/mol. The van der Waals surface area contributed by atoms with Crippen LogP contribution in [0.5, 0.6) is 11.5 Å². The second-order valence-corrected chi connectivity index (χ2v) is 10.3. The van der Waals surface area contributed by atoms with Gasteiger partial charge in [-0.1, -0.05) is 39.4 Å². The van der Waals surface area contributed by atoms with Crippen LogP contribution < -0.4 is 24.4 Å². The Morgan fingerprint density at radius 2 is 1.94 bits per heavy atom. The monoisotopic (exact) mass is 570 g/mol. The summed E-state index contributed by atoms with van der Waals surface area (Å²) >= 11 is 4.75. The topological polar surface area (TPSA) is 79.1 Å². The number of allylic oxidation sites excluding steroid dienone is 1. The normalized spacial score (nSPS) is 15.5. The fraction of sp³-hybridized carbons (Fsp3) is 0.296. The fourth-order valence-corrected chi connectivity index (χ4v) is 5.46. The standard InChI is InChI=1S/C27H27BrN2O5S/c1-6-34-20-10-7-17(8-11-20)24-23(26(32)35-15(2)3)16(4)29-27-30(24)25(31)22(36-27)14-18-13-19(28)9-12-21(18)33-5/h7-15,24H,6H2,1-5H3/b22-14+/t24-/m0/s1. The van der Waals surface area contributed by atoms with Crippen LogP contribution in [0, 0.1) is 0 Å². The Hall–Kier alpha value is -3.17. The van der Waals surface area contributed by atoms with Crippen LogP contribution in [0.15, 0.2) is 68.0 Å². The van der Waals surface area contributed by atoms with Crippen LogP contribution in [0.3, 0.4) is 0 Å². The minimum atomic E-state index is -0.685. The van der Waals surface area contributed by atoms with E-state index in [9.17, 15) is 9.59 Å². The Bertz CT molecular complexity index is 1500. The van der Waals surface area contributed by atoms with Crippen molar-refractivity contribution < 1.29 is 19.0 Å². The molecule has 2 heterocycles. The molecule has 1 aliphatic rings. The third-order valence-corrected chi connectivity index (χ3v) is 7.05. The maximum Gasteiger partial charge on any atom is 0.338 e. The van der Waals surface area contributed by atoms with Gasteiger partial charge in [0, 0.05) is 10.0 Å². The number of esters is 1. The first kappa shape index (κ1) is 25.9. The Kier molecular flexibility index (Phi) is 7.80. The first-order valence-corrected chi connectivity index (χ1v) is 13.1. The summed E-state index contributed by atoms with van der Waals surface area (Å²) in [5.41, 5.74) is 2.13. The van der Waals surface area contributed by atoms with E-state index in [2.05, 4.69) is 20.9 Å². The lowest BCUT2D eigenvalue weighted by molar-refractivity contribution is -0.143. The number of fused-ring (bicyclic) bond motifs is 1. The molecule has 1 atom stereocenters. The summed E-state index contributed by atoms with van der Waals surface area (Å²) in [4.78, 5) is 32.1. The predicted molar refractivity (Wildman–Crippen MR) is 143 cm³/mol. The number of carbonyl (C=O) groups is 1. The summed E-state index contributed by atoms with van der Waals surface area (Å²) in [6.07, 6.45) is 1.47. The highest BCUT2D eigenvalue weighted by molar-refractivity contribution is 9.10. The summed E-state index contributed by atoms with van der Waals surface area (Å²) in [6, 6.07) is 12.3. The molecule has 0 spiro atoms. The van der Waals surface area contributed by atoms with Gasteiger partial charge in [0.1, 0.15) is 11.5 Å². The van der Waals surface area contributed by atoms with E-state index in [4.69, 9.17) is 14.2 Å². The summed E-state index contributed by atoms with van der Waals surface area (Å²) in [5.74, 6) is 0.861. The number of nitrogens with zero attached hydrogens (tertiary/aromatic N) is 2. The number of ether oxygens (including phenoxy) is 3. The summed E-state index contributed by atoms with van der Waals surface area (Å²) in [7, 11) is 1.59. The molecular weight excluding hydrogens is 544 g/mol. The van der Waals surface area contributed by atoms with Crippen LogP contribution in [0.4, 0.5) is 0 Å². The molecule has 0 aliphatic carbocycles. The molecule has 0 bridgehead atoms. The number of benzene rings is 2. The van der Waals surface area contributed by atoms with Crippen molar-refractivity contribution in [3.05, 3.63) is 89.0 Å². The summed E-state index contributed by atoms with van der Waals surface area (Å²) < 4.78 is 19.5. The quantitative estimate of drug-likeness (QED) is 0.394.